The molecule has 0 N–H and O–H groups in total. The first kappa shape index (κ1) is 13.7. The molecule has 0 heterocycles. The summed E-state index contributed by atoms with van der Waals surface area (Å²) in [6, 6.07) is 2.28. The molecule has 4 nitrogen and oxygen atoms in total. The summed E-state index contributed by atoms with van der Waals surface area (Å²) in [5.41, 5.74) is -0.570. The lowest BCUT2D eigenvalue weighted by Crippen LogP contribution is -2.23. The predicted molar refractivity (Wildman–Crippen MR) is 62.2 cm³/mol. The first-order chi connectivity index (χ1) is 7.49. The summed E-state index contributed by atoms with van der Waals surface area (Å²) < 4.78 is 22.8. The van der Waals surface area contributed by atoms with Crippen molar-refractivity contribution in [1.82, 2.24) is 0 Å². The minimum absolute atomic E-state index is 0.211. The van der Waals surface area contributed by atoms with Crippen molar-refractivity contribution in [3.8, 4) is 6.07 Å². The Labute approximate surface area is 97.5 Å². The van der Waals surface area contributed by atoms with E-state index in [-0.39, 0.29) is 6.16 Å². The number of hydrogen-bond donors (Lipinski definition) is 0. The number of nitrogens with zero attached hydrogens (tertiary/aromatic N) is 1. The summed E-state index contributed by atoms with van der Waals surface area (Å²) in [6.45, 7) is 6.13. The summed E-state index contributed by atoms with van der Waals surface area (Å²) in [5, 5.41) is 9.21. The van der Waals surface area contributed by atoms with Crippen LogP contribution in [0.1, 0.15) is 33.6 Å². The summed E-state index contributed by atoms with van der Waals surface area (Å²) in [7, 11) is -3.09. The SMILES string of the molecule is CCOP(=O)(CC(C)(C#N)C1CC1)OCC. The Morgan fingerprint density at radius 2 is 1.88 bits per heavy atom. The van der Waals surface area contributed by atoms with Crippen LogP contribution >= 0.6 is 7.60 Å². The number of hydrogen-bond acceptors (Lipinski definition) is 4. The fourth-order valence-corrected chi connectivity index (χ4v) is 4.08. The van der Waals surface area contributed by atoms with Gasteiger partial charge in [0.25, 0.3) is 0 Å². The van der Waals surface area contributed by atoms with Gasteiger partial charge in [-0.15, -0.1) is 0 Å². The zero-order chi connectivity index (χ0) is 12.2. The van der Waals surface area contributed by atoms with Crippen LogP contribution < -0.4 is 0 Å². The molecule has 1 saturated carbocycles. The van der Waals surface area contributed by atoms with Gasteiger partial charge in [-0.2, -0.15) is 5.26 Å². The van der Waals surface area contributed by atoms with Gasteiger partial charge in [-0.25, -0.2) is 0 Å². The molecule has 0 radical (unpaired) electrons. The topological polar surface area (TPSA) is 59.3 Å². The van der Waals surface area contributed by atoms with Gasteiger partial charge < -0.3 is 9.05 Å². The highest BCUT2D eigenvalue weighted by molar-refractivity contribution is 7.53. The lowest BCUT2D eigenvalue weighted by atomic mass is 9.89. The van der Waals surface area contributed by atoms with Crippen molar-refractivity contribution in [2.45, 2.75) is 33.6 Å². The van der Waals surface area contributed by atoms with Crippen molar-refractivity contribution in [2.75, 3.05) is 19.4 Å². The molecule has 0 amide bonds. The maximum atomic E-state index is 12.3. The number of rotatable bonds is 7. The molecule has 1 atom stereocenters. The largest absolute Gasteiger partial charge is 0.332 e. The van der Waals surface area contributed by atoms with Gasteiger partial charge in [-0.3, -0.25) is 4.57 Å². The molecule has 0 aliphatic heterocycles. The van der Waals surface area contributed by atoms with Gasteiger partial charge in [-0.05, 0) is 39.5 Å². The van der Waals surface area contributed by atoms with E-state index < -0.39 is 13.0 Å². The highest BCUT2D eigenvalue weighted by Gasteiger charge is 2.47. The van der Waals surface area contributed by atoms with Crippen LogP contribution in [0.5, 0.6) is 0 Å². The zero-order valence-corrected chi connectivity index (χ0v) is 11.1. The standard InChI is InChI=1S/C11H20NO3P/c1-4-14-16(13,15-5-2)9-11(3,8-12)10-6-7-10/h10H,4-7,9H2,1-3H3. The van der Waals surface area contributed by atoms with Crippen molar-refractivity contribution in [1.29, 1.82) is 5.26 Å². The zero-order valence-electron chi connectivity index (χ0n) is 10.2. The fourth-order valence-electron chi connectivity index (χ4n) is 1.90. The predicted octanol–water partition coefficient (Wildman–Crippen LogP) is 3.19. The van der Waals surface area contributed by atoms with Gasteiger partial charge in [0, 0.05) is 0 Å². The van der Waals surface area contributed by atoms with Crippen LogP contribution in [-0.4, -0.2) is 19.4 Å². The third-order valence-corrected chi connectivity index (χ3v) is 5.25. The molecule has 0 saturated heterocycles. The van der Waals surface area contributed by atoms with Crippen LogP contribution in [0.25, 0.3) is 0 Å². The molecule has 1 aliphatic carbocycles. The molecule has 1 rings (SSSR count). The first-order valence-corrected chi connectivity index (χ1v) is 7.52. The Morgan fingerprint density at radius 1 is 1.38 bits per heavy atom. The maximum absolute atomic E-state index is 12.3. The van der Waals surface area contributed by atoms with Gasteiger partial charge in [0.2, 0.25) is 0 Å². The van der Waals surface area contributed by atoms with Crippen molar-refractivity contribution < 1.29 is 13.6 Å². The second kappa shape index (κ2) is 5.31. The minimum Gasteiger partial charge on any atom is -0.309 e. The Hall–Kier alpha value is -0.360. The highest BCUT2D eigenvalue weighted by Crippen LogP contribution is 2.57. The average molecular weight is 245 g/mol. The normalized spacial score (nSPS) is 20.1. The third-order valence-electron chi connectivity index (χ3n) is 2.91. The van der Waals surface area contributed by atoms with E-state index in [1.807, 2.05) is 6.92 Å². The number of nitriles is 1. The molecule has 0 bridgehead atoms. The van der Waals surface area contributed by atoms with Gasteiger partial charge in [0.1, 0.15) is 0 Å². The van der Waals surface area contributed by atoms with Gasteiger partial charge in [0.15, 0.2) is 0 Å². The molecule has 1 aliphatic rings. The van der Waals surface area contributed by atoms with E-state index >= 15 is 0 Å². The molecule has 1 unspecified atom stereocenters. The second-order valence-corrected chi connectivity index (χ2v) is 6.46. The average Bonchev–Trinajstić information content (AvgIpc) is 3.01. The summed E-state index contributed by atoms with van der Waals surface area (Å²) >= 11 is 0. The van der Waals surface area contributed by atoms with Crippen molar-refractivity contribution >= 4 is 7.60 Å². The summed E-state index contributed by atoms with van der Waals surface area (Å²) in [6.07, 6.45) is 2.30. The molecule has 0 aromatic heterocycles. The Morgan fingerprint density at radius 3 is 2.19 bits per heavy atom. The van der Waals surface area contributed by atoms with Crippen LogP contribution in [0, 0.1) is 22.7 Å². The van der Waals surface area contributed by atoms with Crippen molar-refractivity contribution in [3.63, 3.8) is 0 Å². The molecule has 0 aromatic carbocycles. The third kappa shape index (κ3) is 3.31. The highest BCUT2D eigenvalue weighted by atomic mass is 31.2. The first-order valence-electron chi connectivity index (χ1n) is 5.79. The van der Waals surface area contributed by atoms with E-state index in [0.29, 0.717) is 19.1 Å². The maximum Gasteiger partial charge on any atom is 0.332 e. The van der Waals surface area contributed by atoms with Crippen LogP contribution in [0.3, 0.4) is 0 Å². The fraction of sp³-hybridized carbons (Fsp3) is 0.909. The van der Waals surface area contributed by atoms with E-state index in [1.54, 1.807) is 13.8 Å². The minimum atomic E-state index is -3.09. The van der Waals surface area contributed by atoms with Gasteiger partial charge >= 0.3 is 7.60 Å². The smallest absolute Gasteiger partial charge is 0.309 e. The molecular formula is C11H20NO3P. The van der Waals surface area contributed by atoms with Crippen LogP contribution in [0.15, 0.2) is 0 Å². The Bertz CT molecular complexity index is 312. The van der Waals surface area contributed by atoms with Gasteiger partial charge in [0.05, 0.1) is 30.9 Å². The molecule has 1 fully saturated rings. The molecule has 16 heavy (non-hydrogen) atoms. The van der Waals surface area contributed by atoms with Crippen molar-refractivity contribution in [3.05, 3.63) is 0 Å². The quantitative estimate of drug-likeness (QED) is 0.646. The second-order valence-electron chi connectivity index (χ2n) is 4.41. The Balaban J connectivity index is 2.73. The van der Waals surface area contributed by atoms with E-state index in [9.17, 15) is 9.83 Å². The molecular weight excluding hydrogens is 225 g/mol. The molecule has 92 valence electrons. The molecule has 0 aromatic rings. The van der Waals surface area contributed by atoms with Crippen LogP contribution in [0.2, 0.25) is 0 Å². The van der Waals surface area contributed by atoms with E-state index in [4.69, 9.17) is 9.05 Å². The lowest BCUT2D eigenvalue weighted by molar-refractivity contribution is 0.209. The molecule has 0 spiro atoms. The van der Waals surface area contributed by atoms with E-state index in [1.165, 1.54) is 0 Å². The summed E-state index contributed by atoms with van der Waals surface area (Å²) in [5.74, 6) is 0.353. The van der Waals surface area contributed by atoms with Crippen LogP contribution in [0.4, 0.5) is 0 Å². The van der Waals surface area contributed by atoms with Crippen molar-refractivity contribution in [2.24, 2.45) is 11.3 Å². The van der Waals surface area contributed by atoms with E-state index in [2.05, 4.69) is 6.07 Å². The molecule has 5 heteroatoms. The van der Waals surface area contributed by atoms with Crippen LogP contribution in [-0.2, 0) is 13.6 Å². The lowest BCUT2D eigenvalue weighted by Gasteiger charge is -2.26. The summed E-state index contributed by atoms with van der Waals surface area (Å²) in [4.78, 5) is 0. The van der Waals surface area contributed by atoms with E-state index in [0.717, 1.165) is 12.8 Å². The monoisotopic (exact) mass is 245 g/mol. The van der Waals surface area contributed by atoms with Gasteiger partial charge in [-0.1, -0.05) is 0 Å². The Kier molecular flexibility index (Phi) is 4.55.